The quantitative estimate of drug-likeness (QED) is 0.599. The van der Waals surface area contributed by atoms with E-state index in [1.807, 2.05) is 39.0 Å². The number of anilines is 1. The fourth-order valence-corrected chi connectivity index (χ4v) is 5.06. The number of urea groups is 1. The molecule has 4 rings (SSSR count). The Bertz CT molecular complexity index is 1120. The van der Waals surface area contributed by atoms with Crippen LogP contribution in [0.25, 0.3) is 11.1 Å². The van der Waals surface area contributed by atoms with Gasteiger partial charge in [0.2, 0.25) is 5.91 Å². The molecule has 0 radical (unpaired) electrons. The van der Waals surface area contributed by atoms with Crippen molar-refractivity contribution in [3.05, 3.63) is 54.6 Å². The van der Waals surface area contributed by atoms with Crippen molar-refractivity contribution in [1.29, 1.82) is 5.26 Å². The number of piperidine rings is 1. The van der Waals surface area contributed by atoms with E-state index in [4.69, 9.17) is 4.74 Å². The molecule has 202 valence electrons. The van der Waals surface area contributed by atoms with Gasteiger partial charge in [-0.15, -0.1) is 0 Å². The number of carbonyl (C=O) groups excluding carboxylic acids is 2. The molecule has 2 saturated heterocycles. The number of hydrogen-bond acceptors (Lipinski definition) is 5. The Morgan fingerprint density at radius 1 is 0.974 bits per heavy atom. The number of morpholine rings is 1. The van der Waals surface area contributed by atoms with Crippen molar-refractivity contribution in [3.63, 3.8) is 0 Å². The SMILES string of the molecule is CC(C)(C)CC(NC(=O)N1CCOCC1)C(=O)NC1(C#N)CCN(c2ccc(-c3ccccc3)cc2)CC1. The molecule has 2 aromatic carbocycles. The van der Waals surface area contributed by atoms with Gasteiger partial charge in [-0.2, -0.15) is 5.26 Å². The number of nitriles is 1. The van der Waals surface area contributed by atoms with E-state index in [-0.39, 0.29) is 17.4 Å². The third-order valence-corrected chi connectivity index (χ3v) is 7.26. The van der Waals surface area contributed by atoms with Gasteiger partial charge < -0.3 is 25.2 Å². The molecule has 2 aliphatic rings. The highest BCUT2D eigenvalue weighted by atomic mass is 16.5. The highest BCUT2D eigenvalue weighted by molar-refractivity contribution is 5.88. The smallest absolute Gasteiger partial charge is 0.318 e. The van der Waals surface area contributed by atoms with E-state index in [0.717, 1.165) is 11.3 Å². The van der Waals surface area contributed by atoms with Crippen LogP contribution in [0.1, 0.15) is 40.0 Å². The van der Waals surface area contributed by atoms with Crippen molar-refractivity contribution >= 4 is 17.6 Å². The van der Waals surface area contributed by atoms with Crippen LogP contribution in [-0.2, 0) is 9.53 Å². The molecule has 1 atom stereocenters. The Balaban J connectivity index is 1.39. The number of ether oxygens (including phenoxy) is 1. The van der Waals surface area contributed by atoms with E-state index in [2.05, 4.69) is 58.0 Å². The van der Waals surface area contributed by atoms with Crippen LogP contribution in [0, 0.1) is 16.7 Å². The van der Waals surface area contributed by atoms with Gasteiger partial charge in [-0.3, -0.25) is 4.79 Å². The van der Waals surface area contributed by atoms with Gasteiger partial charge in [0, 0.05) is 44.7 Å². The average Bonchev–Trinajstić information content (AvgIpc) is 2.93. The molecule has 3 amide bonds. The number of nitrogens with zero attached hydrogens (tertiary/aromatic N) is 3. The molecule has 38 heavy (non-hydrogen) atoms. The van der Waals surface area contributed by atoms with Crippen LogP contribution >= 0.6 is 0 Å². The minimum Gasteiger partial charge on any atom is -0.378 e. The second kappa shape index (κ2) is 11.9. The van der Waals surface area contributed by atoms with Crippen molar-refractivity contribution in [2.75, 3.05) is 44.3 Å². The fraction of sp³-hybridized carbons (Fsp3) is 0.500. The summed E-state index contributed by atoms with van der Waals surface area (Å²) in [5, 5.41) is 16.1. The normalized spacial score (nSPS) is 18.3. The zero-order chi connectivity index (χ0) is 27.2. The molecule has 2 heterocycles. The maximum Gasteiger partial charge on any atom is 0.318 e. The number of nitrogens with one attached hydrogen (secondary N) is 2. The second-order valence-corrected chi connectivity index (χ2v) is 11.4. The highest BCUT2D eigenvalue weighted by Crippen LogP contribution is 2.29. The first-order chi connectivity index (χ1) is 18.2. The van der Waals surface area contributed by atoms with Crippen molar-refractivity contribution in [2.24, 2.45) is 5.41 Å². The van der Waals surface area contributed by atoms with Crippen molar-refractivity contribution < 1.29 is 14.3 Å². The summed E-state index contributed by atoms with van der Waals surface area (Å²) in [6.45, 7) is 9.41. The summed E-state index contributed by atoms with van der Waals surface area (Å²) >= 11 is 0. The fourth-order valence-electron chi connectivity index (χ4n) is 5.06. The van der Waals surface area contributed by atoms with Gasteiger partial charge in [0.1, 0.15) is 11.6 Å². The minimum atomic E-state index is -0.961. The molecule has 0 bridgehead atoms. The lowest BCUT2D eigenvalue weighted by Crippen LogP contribution is -2.60. The number of hydrogen-bond donors (Lipinski definition) is 2. The van der Waals surface area contributed by atoms with Crippen LogP contribution < -0.4 is 15.5 Å². The van der Waals surface area contributed by atoms with E-state index in [1.165, 1.54) is 5.56 Å². The molecule has 0 aromatic heterocycles. The minimum absolute atomic E-state index is 0.185. The average molecular weight is 518 g/mol. The maximum atomic E-state index is 13.5. The lowest BCUT2D eigenvalue weighted by molar-refractivity contribution is -0.125. The van der Waals surface area contributed by atoms with E-state index >= 15 is 0 Å². The zero-order valence-corrected chi connectivity index (χ0v) is 22.7. The number of benzene rings is 2. The molecule has 0 saturated carbocycles. The van der Waals surface area contributed by atoms with Crippen LogP contribution in [0.15, 0.2) is 54.6 Å². The maximum absolute atomic E-state index is 13.5. The van der Waals surface area contributed by atoms with Gasteiger partial charge in [0.15, 0.2) is 0 Å². The van der Waals surface area contributed by atoms with Gasteiger partial charge >= 0.3 is 6.03 Å². The molecule has 1 unspecified atom stereocenters. The van der Waals surface area contributed by atoms with Gasteiger partial charge in [-0.1, -0.05) is 63.2 Å². The number of rotatable bonds is 6. The molecular weight excluding hydrogens is 478 g/mol. The molecule has 2 fully saturated rings. The molecule has 0 aliphatic carbocycles. The van der Waals surface area contributed by atoms with E-state index in [0.29, 0.717) is 58.7 Å². The molecular formula is C30H39N5O3. The predicted octanol–water partition coefficient (Wildman–Crippen LogP) is 4.18. The molecule has 8 nitrogen and oxygen atoms in total. The summed E-state index contributed by atoms with van der Waals surface area (Å²) in [7, 11) is 0. The van der Waals surface area contributed by atoms with E-state index in [9.17, 15) is 14.9 Å². The van der Waals surface area contributed by atoms with Gasteiger partial charge in [-0.05, 0) is 35.1 Å². The molecule has 8 heteroatoms. The van der Waals surface area contributed by atoms with Gasteiger partial charge in [0.25, 0.3) is 0 Å². The van der Waals surface area contributed by atoms with Crippen molar-refractivity contribution in [3.8, 4) is 17.2 Å². The summed E-state index contributed by atoms with van der Waals surface area (Å²) < 4.78 is 5.34. The molecule has 2 N–H and O–H groups in total. The van der Waals surface area contributed by atoms with Crippen LogP contribution in [0.4, 0.5) is 10.5 Å². The standard InChI is InChI=1S/C30H39N5O3/c1-29(2,3)21-26(32-28(37)35-17-19-38-20-18-35)27(36)33-30(22-31)13-15-34(16-14-30)25-11-9-24(10-12-25)23-7-5-4-6-8-23/h4-12,26H,13-21H2,1-3H3,(H,32,37)(H,33,36). The van der Waals surface area contributed by atoms with Gasteiger partial charge in [-0.25, -0.2) is 4.79 Å². The monoisotopic (exact) mass is 517 g/mol. The van der Waals surface area contributed by atoms with E-state index in [1.54, 1.807) is 4.90 Å². The Morgan fingerprint density at radius 3 is 2.16 bits per heavy atom. The second-order valence-electron chi connectivity index (χ2n) is 11.4. The topological polar surface area (TPSA) is 97.7 Å². The van der Waals surface area contributed by atoms with Crippen LogP contribution in [0.2, 0.25) is 0 Å². The van der Waals surface area contributed by atoms with Gasteiger partial charge in [0.05, 0.1) is 19.3 Å². The summed E-state index contributed by atoms with van der Waals surface area (Å²) in [6, 6.07) is 20.1. The first kappa shape index (κ1) is 27.5. The molecule has 2 aliphatic heterocycles. The van der Waals surface area contributed by atoms with Crippen molar-refractivity contribution in [1.82, 2.24) is 15.5 Å². The summed E-state index contributed by atoms with van der Waals surface area (Å²) in [6.07, 6.45) is 1.49. The molecule has 2 aromatic rings. The first-order valence-corrected chi connectivity index (χ1v) is 13.4. The summed E-state index contributed by atoms with van der Waals surface area (Å²) in [4.78, 5) is 30.3. The predicted molar refractivity (Wildman–Crippen MR) is 149 cm³/mol. The summed E-state index contributed by atoms with van der Waals surface area (Å²) in [5.41, 5.74) is 2.29. The van der Waals surface area contributed by atoms with Crippen molar-refractivity contribution in [2.45, 2.75) is 51.6 Å². The largest absolute Gasteiger partial charge is 0.378 e. The van der Waals surface area contributed by atoms with Crippen LogP contribution in [0.5, 0.6) is 0 Å². The van der Waals surface area contributed by atoms with Crippen LogP contribution in [0.3, 0.4) is 0 Å². The summed E-state index contributed by atoms with van der Waals surface area (Å²) in [5.74, 6) is -0.302. The third-order valence-electron chi connectivity index (χ3n) is 7.26. The lowest BCUT2D eigenvalue weighted by Gasteiger charge is -2.40. The third kappa shape index (κ3) is 7.05. The Morgan fingerprint density at radius 2 is 1.58 bits per heavy atom. The zero-order valence-electron chi connectivity index (χ0n) is 22.7. The Kier molecular flexibility index (Phi) is 8.58. The first-order valence-electron chi connectivity index (χ1n) is 13.4. The Hall–Kier alpha value is -3.57. The van der Waals surface area contributed by atoms with Crippen LogP contribution in [-0.4, -0.2) is 67.8 Å². The number of amides is 3. The highest BCUT2D eigenvalue weighted by Gasteiger charge is 2.39. The lowest BCUT2D eigenvalue weighted by atomic mass is 9.85. The number of carbonyl (C=O) groups is 2. The Labute approximate surface area is 225 Å². The van der Waals surface area contributed by atoms with E-state index < -0.39 is 11.6 Å². The molecule has 0 spiro atoms.